The molecule has 394 valence electrons. The zero-order chi connectivity index (χ0) is 51.7. The number of aliphatic hydroxyl groups is 1. The summed E-state index contributed by atoms with van der Waals surface area (Å²) in [5.74, 6) is 0.0972. The molecule has 3 atom stereocenters. The number of piperidine rings is 1. The van der Waals surface area contributed by atoms with Crippen molar-refractivity contribution in [3.8, 4) is 5.88 Å². The number of carbonyl (C=O) groups excluding carboxylic acids is 1. The van der Waals surface area contributed by atoms with Gasteiger partial charge in [0.15, 0.2) is 0 Å². The highest BCUT2D eigenvalue weighted by Crippen LogP contribution is 2.54. The van der Waals surface area contributed by atoms with Crippen molar-refractivity contribution in [2.45, 2.75) is 139 Å². The number of aromatic nitrogens is 2. The van der Waals surface area contributed by atoms with Gasteiger partial charge in [0, 0.05) is 62.0 Å². The van der Waals surface area contributed by atoms with Crippen molar-refractivity contribution in [1.29, 1.82) is 0 Å². The van der Waals surface area contributed by atoms with Crippen LogP contribution in [0.3, 0.4) is 0 Å². The SMILES string of the molecule is CC(C)c1ccccc1[C@@H]1COCCN1C1CC2(CCN(c3ccc(C(=O)NS(=O)(=O)c4ccc(NCC5CCC(C)(O)CC5)c([N+](=O)[O-])c4)c(N4c5cc6cc[nH]c6nc5O[C@H]5COC(C)(C)C[C@@H]54)c3)CC2)C1. The third-order valence-electron chi connectivity index (χ3n) is 17.2. The normalized spacial score (nSPS) is 26.0. The monoisotopic (exact) mass is 1030 g/mol. The Balaban J connectivity index is 0.880. The molecule has 5 fully saturated rings. The van der Waals surface area contributed by atoms with Gasteiger partial charge in [0.2, 0.25) is 5.88 Å². The quantitative estimate of drug-likeness (QED) is 0.0679. The number of amides is 1. The molecule has 4 aliphatic heterocycles. The van der Waals surface area contributed by atoms with Gasteiger partial charge in [0.25, 0.3) is 21.6 Å². The van der Waals surface area contributed by atoms with Crippen LogP contribution in [0, 0.1) is 21.4 Å². The van der Waals surface area contributed by atoms with Crippen LogP contribution >= 0.6 is 0 Å². The third kappa shape index (κ3) is 9.83. The van der Waals surface area contributed by atoms with Crippen LogP contribution in [-0.2, 0) is 19.5 Å². The summed E-state index contributed by atoms with van der Waals surface area (Å²) in [7, 11) is -4.64. The Kier molecular flexibility index (Phi) is 13.2. The second-order valence-electron chi connectivity index (χ2n) is 23.2. The number of fused-ring (bicyclic) bond motifs is 3. The van der Waals surface area contributed by atoms with Crippen molar-refractivity contribution in [2.24, 2.45) is 11.3 Å². The van der Waals surface area contributed by atoms with Crippen LogP contribution in [0.4, 0.5) is 28.4 Å². The first-order chi connectivity index (χ1) is 35.3. The molecule has 0 bridgehead atoms. The number of carbonyl (C=O) groups is 1. The van der Waals surface area contributed by atoms with E-state index in [4.69, 9.17) is 19.2 Å². The fourth-order valence-electron chi connectivity index (χ4n) is 12.9. The number of nitrogens with zero attached hydrogens (tertiary/aromatic N) is 5. The summed E-state index contributed by atoms with van der Waals surface area (Å²) in [6.07, 6.45) is 8.97. The van der Waals surface area contributed by atoms with E-state index in [1.807, 2.05) is 51.2 Å². The standard InChI is InChI=1S/C56H70N8O9S/c1-35(2)41-8-6-7-9-42(41)49-33-71-25-24-62(49)39-29-56(30-39)19-22-61(23-20-56)38-10-12-43(45(27-38)63-47-26-37-16-21-57-51(37)59-53(47)73-50-34-72-54(3,4)31-48(50)63)52(65)60-74(69,70)40-11-13-44(46(28-40)64(67)68)58-32-36-14-17-55(5,66)18-15-36/h6-13,16,21,26-28,35-36,39,48-50,58,66H,14-15,17-20,22-25,29-34H2,1-5H3,(H,57,59)(H,60,65)/t36?,48-,49-,50-,55?/m0/s1. The van der Waals surface area contributed by atoms with Crippen molar-refractivity contribution in [3.05, 3.63) is 106 Å². The highest BCUT2D eigenvalue weighted by atomic mass is 32.2. The van der Waals surface area contributed by atoms with Gasteiger partial charge < -0.3 is 39.4 Å². The third-order valence-corrected chi connectivity index (χ3v) is 18.5. The number of hydrogen-bond donors (Lipinski definition) is 4. The molecule has 6 aliphatic rings. The molecule has 17 nitrogen and oxygen atoms in total. The van der Waals surface area contributed by atoms with Gasteiger partial charge in [-0.05, 0) is 143 Å². The number of anilines is 4. The number of hydrogen-bond acceptors (Lipinski definition) is 14. The molecule has 2 saturated carbocycles. The molecule has 2 aliphatic carbocycles. The van der Waals surface area contributed by atoms with E-state index in [9.17, 15) is 28.4 Å². The van der Waals surface area contributed by atoms with E-state index in [1.54, 1.807) is 6.07 Å². The Bertz CT molecular complexity index is 3040. The van der Waals surface area contributed by atoms with Gasteiger partial charge in [0.1, 0.15) is 23.1 Å². The fraction of sp³-hybridized carbons (Fsp3) is 0.536. The summed E-state index contributed by atoms with van der Waals surface area (Å²) in [6.45, 7) is 15.1. The highest BCUT2D eigenvalue weighted by molar-refractivity contribution is 7.90. The van der Waals surface area contributed by atoms with Crippen molar-refractivity contribution in [2.75, 3.05) is 61.1 Å². The number of aromatic amines is 1. The molecule has 4 N–H and O–H groups in total. The lowest BCUT2D eigenvalue weighted by atomic mass is 9.59. The zero-order valence-corrected chi connectivity index (χ0v) is 44.0. The summed E-state index contributed by atoms with van der Waals surface area (Å²) >= 11 is 0. The van der Waals surface area contributed by atoms with Gasteiger partial charge in [-0.25, -0.2) is 13.1 Å². The zero-order valence-electron chi connectivity index (χ0n) is 43.1. The van der Waals surface area contributed by atoms with Crippen molar-refractivity contribution in [1.82, 2.24) is 19.6 Å². The van der Waals surface area contributed by atoms with Crippen molar-refractivity contribution in [3.63, 3.8) is 0 Å². The second-order valence-corrected chi connectivity index (χ2v) is 24.8. The van der Waals surface area contributed by atoms with Crippen LogP contribution in [0.25, 0.3) is 11.0 Å². The maximum atomic E-state index is 14.8. The van der Waals surface area contributed by atoms with Crippen LogP contribution in [-0.4, -0.2) is 115 Å². The summed E-state index contributed by atoms with van der Waals surface area (Å²) in [6, 6.07) is 22.4. The van der Waals surface area contributed by atoms with Gasteiger partial charge in [0.05, 0.1) is 64.2 Å². The first kappa shape index (κ1) is 50.4. The molecule has 3 saturated heterocycles. The van der Waals surface area contributed by atoms with Crippen LogP contribution in [0.1, 0.15) is 126 Å². The number of nitro groups is 1. The number of morpholine rings is 1. The Morgan fingerprint density at radius 3 is 2.47 bits per heavy atom. The summed E-state index contributed by atoms with van der Waals surface area (Å²) in [5, 5.41) is 26.8. The van der Waals surface area contributed by atoms with Gasteiger partial charge in [-0.1, -0.05) is 38.1 Å². The molecule has 1 spiro atoms. The minimum Gasteiger partial charge on any atom is -0.468 e. The molecule has 0 radical (unpaired) electrons. The second kappa shape index (κ2) is 19.4. The van der Waals surface area contributed by atoms with Crippen LogP contribution < -0.4 is 24.6 Å². The van der Waals surface area contributed by atoms with Crippen LogP contribution in [0.2, 0.25) is 0 Å². The molecule has 74 heavy (non-hydrogen) atoms. The maximum absolute atomic E-state index is 14.8. The average Bonchev–Trinajstić information content (AvgIpc) is 3.83. The van der Waals surface area contributed by atoms with E-state index >= 15 is 0 Å². The number of ether oxygens (including phenoxy) is 3. The Labute approximate surface area is 433 Å². The lowest BCUT2D eigenvalue weighted by Gasteiger charge is -2.57. The highest BCUT2D eigenvalue weighted by Gasteiger charge is 2.51. The summed E-state index contributed by atoms with van der Waals surface area (Å²) in [4.78, 5) is 41.5. The molecule has 18 heteroatoms. The number of H-pyrrole nitrogens is 1. The number of nitro benzene ring substituents is 1. The molecule has 3 aromatic carbocycles. The largest absolute Gasteiger partial charge is 0.468 e. The number of nitrogens with one attached hydrogen (secondary N) is 3. The van der Waals surface area contributed by atoms with Crippen molar-refractivity contribution < 1.29 is 37.5 Å². The lowest BCUT2D eigenvalue weighted by Crippen LogP contribution is -2.58. The molecular weight excluding hydrogens is 961 g/mol. The Hall–Kier alpha value is -5.79. The van der Waals surface area contributed by atoms with Gasteiger partial charge in [-0.2, -0.15) is 4.98 Å². The molecule has 2 aromatic heterocycles. The maximum Gasteiger partial charge on any atom is 0.293 e. The first-order valence-electron chi connectivity index (χ1n) is 26.6. The number of benzene rings is 3. The fourth-order valence-corrected chi connectivity index (χ4v) is 13.9. The van der Waals surface area contributed by atoms with E-state index < -0.39 is 48.7 Å². The Morgan fingerprint density at radius 2 is 1.72 bits per heavy atom. The van der Waals surface area contributed by atoms with E-state index in [0.29, 0.717) is 67.3 Å². The average molecular weight is 1030 g/mol. The summed E-state index contributed by atoms with van der Waals surface area (Å²) < 4.78 is 49.8. The van der Waals surface area contributed by atoms with E-state index in [0.717, 1.165) is 81.9 Å². The number of sulfonamides is 1. The van der Waals surface area contributed by atoms with Crippen molar-refractivity contribution >= 4 is 55.4 Å². The van der Waals surface area contributed by atoms with Gasteiger partial charge in [-0.3, -0.25) is 19.8 Å². The minimum absolute atomic E-state index is 0.107. The molecule has 0 unspecified atom stereocenters. The van der Waals surface area contributed by atoms with Crippen LogP contribution in [0.5, 0.6) is 5.88 Å². The molecule has 5 aromatic rings. The number of rotatable bonds is 12. The summed E-state index contributed by atoms with van der Waals surface area (Å²) in [5.41, 5.74) is 4.26. The molecule has 1 amide bonds. The first-order valence-corrected chi connectivity index (χ1v) is 28.0. The predicted molar refractivity (Wildman–Crippen MR) is 284 cm³/mol. The van der Waals surface area contributed by atoms with Crippen LogP contribution in [0.15, 0.2) is 83.9 Å². The van der Waals surface area contributed by atoms with E-state index in [-0.39, 0.29) is 41.3 Å². The Morgan fingerprint density at radius 1 is 0.946 bits per heavy atom. The minimum atomic E-state index is -4.64. The topological polar surface area (TPSA) is 205 Å². The predicted octanol–water partition coefficient (Wildman–Crippen LogP) is 9.36. The lowest BCUT2D eigenvalue weighted by molar-refractivity contribution is -0.384. The molecule has 11 rings (SSSR count). The number of pyridine rings is 1. The van der Waals surface area contributed by atoms with Gasteiger partial charge in [-0.15, -0.1) is 0 Å². The molecular formula is C56H70N8O9S. The van der Waals surface area contributed by atoms with Gasteiger partial charge >= 0.3 is 0 Å². The smallest absolute Gasteiger partial charge is 0.293 e. The van der Waals surface area contributed by atoms with E-state index in [1.165, 1.54) is 23.3 Å². The molecule has 6 heterocycles. The van der Waals surface area contributed by atoms with E-state index in [2.05, 4.69) is 67.8 Å².